The Balaban J connectivity index is 2.64. The van der Waals surface area contributed by atoms with Gasteiger partial charge in [0.2, 0.25) is 5.95 Å². The number of carbonyl (C=O) groups is 1. The Hall–Kier alpha value is -2.01. The van der Waals surface area contributed by atoms with E-state index < -0.39 is 11.9 Å². The second-order valence-corrected chi connectivity index (χ2v) is 3.82. The largest absolute Gasteiger partial charge is 0.465 e. The van der Waals surface area contributed by atoms with Crippen LogP contribution in [0.25, 0.3) is 11.3 Å². The van der Waals surface area contributed by atoms with Gasteiger partial charge in [-0.1, -0.05) is 11.6 Å². The Labute approximate surface area is 107 Å². The lowest BCUT2D eigenvalue weighted by atomic mass is 10.1. The van der Waals surface area contributed by atoms with Crippen molar-refractivity contribution in [3.8, 4) is 11.3 Å². The fourth-order valence-corrected chi connectivity index (χ4v) is 1.64. The summed E-state index contributed by atoms with van der Waals surface area (Å²) in [6, 6.07) is 4.41. The molecule has 0 saturated carbocycles. The fraction of sp³-hybridized carbons (Fsp3) is 0.0833. The van der Waals surface area contributed by atoms with Crippen LogP contribution in [0.15, 0.2) is 30.6 Å². The van der Waals surface area contributed by atoms with Gasteiger partial charge in [0.25, 0.3) is 0 Å². The maximum atomic E-state index is 13.6. The standard InChI is InChI=1S/C12H8ClFN2O2/c1-18-12(17)9-5-7(13)6-16-10(9)8-3-2-4-15-11(8)14/h2-6H,1H3. The number of esters is 1. The van der Waals surface area contributed by atoms with Crippen molar-refractivity contribution in [1.82, 2.24) is 9.97 Å². The Morgan fingerprint density at radius 3 is 2.89 bits per heavy atom. The van der Waals surface area contributed by atoms with Gasteiger partial charge < -0.3 is 4.74 Å². The summed E-state index contributed by atoms with van der Waals surface area (Å²) in [5.74, 6) is -1.35. The second kappa shape index (κ2) is 5.10. The summed E-state index contributed by atoms with van der Waals surface area (Å²) in [4.78, 5) is 19.1. The van der Waals surface area contributed by atoms with Gasteiger partial charge in [-0.3, -0.25) is 4.98 Å². The monoisotopic (exact) mass is 266 g/mol. The molecule has 2 aromatic rings. The molecule has 0 radical (unpaired) electrons. The Kier molecular flexibility index (Phi) is 3.53. The van der Waals surface area contributed by atoms with Crippen LogP contribution in [-0.4, -0.2) is 23.0 Å². The van der Waals surface area contributed by atoms with Crippen LogP contribution < -0.4 is 0 Å². The van der Waals surface area contributed by atoms with Gasteiger partial charge in [-0.05, 0) is 18.2 Å². The van der Waals surface area contributed by atoms with Crippen molar-refractivity contribution in [2.45, 2.75) is 0 Å². The van der Waals surface area contributed by atoms with Gasteiger partial charge in [0.05, 0.1) is 29.0 Å². The van der Waals surface area contributed by atoms with E-state index >= 15 is 0 Å². The number of pyridine rings is 2. The van der Waals surface area contributed by atoms with Crippen LogP contribution in [0.5, 0.6) is 0 Å². The molecule has 0 aliphatic heterocycles. The van der Waals surface area contributed by atoms with Crippen molar-refractivity contribution < 1.29 is 13.9 Å². The topological polar surface area (TPSA) is 52.1 Å². The number of ether oxygens (including phenoxy) is 1. The average Bonchev–Trinajstić information content (AvgIpc) is 2.39. The average molecular weight is 267 g/mol. The highest BCUT2D eigenvalue weighted by atomic mass is 35.5. The first-order chi connectivity index (χ1) is 8.63. The van der Waals surface area contributed by atoms with Crippen molar-refractivity contribution >= 4 is 17.6 Å². The van der Waals surface area contributed by atoms with E-state index in [0.29, 0.717) is 0 Å². The first-order valence-electron chi connectivity index (χ1n) is 4.98. The molecule has 92 valence electrons. The molecule has 0 unspecified atom stereocenters. The van der Waals surface area contributed by atoms with Crippen LogP contribution in [0, 0.1) is 5.95 Å². The molecule has 2 heterocycles. The van der Waals surface area contributed by atoms with Gasteiger partial charge in [0.1, 0.15) is 0 Å². The maximum absolute atomic E-state index is 13.6. The minimum atomic E-state index is -0.711. The number of methoxy groups -OCH3 is 1. The minimum Gasteiger partial charge on any atom is -0.465 e. The van der Waals surface area contributed by atoms with Gasteiger partial charge in [0, 0.05) is 12.4 Å². The minimum absolute atomic E-state index is 0.0944. The summed E-state index contributed by atoms with van der Waals surface area (Å²) >= 11 is 5.77. The predicted molar refractivity (Wildman–Crippen MR) is 63.8 cm³/mol. The van der Waals surface area contributed by atoms with E-state index in [1.54, 1.807) is 6.07 Å². The van der Waals surface area contributed by atoms with E-state index in [1.807, 2.05) is 0 Å². The first-order valence-corrected chi connectivity index (χ1v) is 5.36. The molecule has 0 N–H and O–H groups in total. The molecule has 6 heteroatoms. The molecule has 0 spiro atoms. The third-order valence-electron chi connectivity index (χ3n) is 2.27. The van der Waals surface area contributed by atoms with Gasteiger partial charge >= 0.3 is 5.97 Å². The molecule has 4 nitrogen and oxygen atoms in total. The van der Waals surface area contributed by atoms with Crippen LogP contribution in [0.4, 0.5) is 4.39 Å². The molecule has 0 bridgehead atoms. The van der Waals surface area contributed by atoms with Crippen LogP contribution in [0.2, 0.25) is 5.02 Å². The molecule has 0 saturated heterocycles. The lowest BCUT2D eigenvalue weighted by Crippen LogP contribution is -2.06. The summed E-state index contributed by atoms with van der Waals surface area (Å²) < 4.78 is 18.2. The lowest BCUT2D eigenvalue weighted by molar-refractivity contribution is 0.0601. The molecule has 18 heavy (non-hydrogen) atoms. The molecule has 0 fully saturated rings. The normalized spacial score (nSPS) is 10.2. The summed E-state index contributed by atoms with van der Waals surface area (Å²) in [5.41, 5.74) is 0.364. The van der Waals surface area contributed by atoms with E-state index in [1.165, 1.54) is 31.6 Å². The molecule has 2 rings (SSSR count). The van der Waals surface area contributed by atoms with E-state index in [2.05, 4.69) is 14.7 Å². The first kappa shape index (κ1) is 12.4. The smallest absolute Gasteiger partial charge is 0.340 e. The number of hydrogen-bond donors (Lipinski definition) is 0. The van der Waals surface area contributed by atoms with Crippen molar-refractivity contribution in [2.24, 2.45) is 0 Å². The van der Waals surface area contributed by atoms with E-state index in [-0.39, 0.29) is 21.8 Å². The van der Waals surface area contributed by atoms with Gasteiger partial charge in [-0.15, -0.1) is 0 Å². The summed E-state index contributed by atoms with van der Waals surface area (Å²) in [6.45, 7) is 0. The van der Waals surface area contributed by atoms with Crippen molar-refractivity contribution in [3.05, 3.63) is 47.1 Å². The van der Waals surface area contributed by atoms with E-state index in [9.17, 15) is 9.18 Å². The molecular formula is C12H8ClFN2O2. The SMILES string of the molecule is COC(=O)c1cc(Cl)cnc1-c1cccnc1F. The number of hydrogen-bond acceptors (Lipinski definition) is 4. The number of nitrogens with zero attached hydrogens (tertiary/aromatic N) is 2. The van der Waals surface area contributed by atoms with Crippen molar-refractivity contribution in [2.75, 3.05) is 7.11 Å². The number of aromatic nitrogens is 2. The van der Waals surface area contributed by atoms with Gasteiger partial charge in [-0.2, -0.15) is 4.39 Å². The van der Waals surface area contributed by atoms with Crippen molar-refractivity contribution in [3.63, 3.8) is 0 Å². The molecule has 0 amide bonds. The molecule has 0 aliphatic carbocycles. The van der Waals surface area contributed by atoms with Gasteiger partial charge in [-0.25, -0.2) is 9.78 Å². The zero-order valence-electron chi connectivity index (χ0n) is 9.35. The quantitative estimate of drug-likeness (QED) is 0.619. The highest BCUT2D eigenvalue weighted by molar-refractivity contribution is 6.30. The van der Waals surface area contributed by atoms with E-state index in [0.717, 1.165) is 0 Å². The molecular weight excluding hydrogens is 259 g/mol. The zero-order valence-corrected chi connectivity index (χ0v) is 10.1. The third-order valence-corrected chi connectivity index (χ3v) is 2.48. The van der Waals surface area contributed by atoms with Crippen LogP contribution in [-0.2, 0) is 4.74 Å². The molecule has 2 aromatic heterocycles. The van der Waals surface area contributed by atoms with Crippen LogP contribution in [0.1, 0.15) is 10.4 Å². The number of halogens is 2. The number of carbonyl (C=O) groups excluding carboxylic acids is 1. The summed E-state index contributed by atoms with van der Waals surface area (Å²) in [6.07, 6.45) is 2.64. The summed E-state index contributed by atoms with van der Waals surface area (Å²) in [5, 5.41) is 0.267. The molecule has 0 aliphatic rings. The predicted octanol–water partition coefficient (Wildman–Crippen LogP) is 2.72. The van der Waals surface area contributed by atoms with Crippen molar-refractivity contribution in [1.29, 1.82) is 0 Å². The Bertz CT molecular complexity index is 604. The Morgan fingerprint density at radius 1 is 1.44 bits per heavy atom. The lowest BCUT2D eigenvalue weighted by Gasteiger charge is -2.07. The fourth-order valence-electron chi connectivity index (χ4n) is 1.48. The highest BCUT2D eigenvalue weighted by Crippen LogP contribution is 2.25. The van der Waals surface area contributed by atoms with Crippen LogP contribution in [0.3, 0.4) is 0 Å². The van der Waals surface area contributed by atoms with Gasteiger partial charge in [0.15, 0.2) is 0 Å². The van der Waals surface area contributed by atoms with E-state index in [4.69, 9.17) is 11.6 Å². The number of rotatable bonds is 2. The summed E-state index contributed by atoms with van der Waals surface area (Å²) in [7, 11) is 1.23. The molecule has 0 atom stereocenters. The highest BCUT2D eigenvalue weighted by Gasteiger charge is 2.18. The third kappa shape index (κ3) is 2.31. The molecule has 0 aromatic carbocycles. The second-order valence-electron chi connectivity index (χ2n) is 3.38. The Morgan fingerprint density at radius 2 is 2.22 bits per heavy atom. The zero-order chi connectivity index (χ0) is 13.1. The van der Waals surface area contributed by atoms with Crippen LogP contribution >= 0.6 is 11.6 Å². The maximum Gasteiger partial charge on any atom is 0.340 e.